The largest absolute Gasteiger partial charge is 0.480 e. The van der Waals surface area contributed by atoms with Gasteiger partial charge in [0.05, 0.1) is 17.4 Å². The van der Waals surface area contributed by atoms with Gasteiger partial charge in [0, 0.05) is 0 Å². The Morgan fingerprint density at radius 2 is 2.35 bits per heavy atom. The Kier molecular flexibility index (Phi) is 5.39. The number of nitrogens with one attached hydrogen (secondary N) is 1. The average Bonchev–Trinajstić information content (AvgIpc) is 2.82. The first kappa shape index (κ1) is 15.3. The minimum Gasteiger partial charge on any atom is -0.480 e. The fraction of sp³-hybridized carbons (Fsp3) is 0.364. The molecule has 0 bridgehead atoms. The smallest absolute Gasteiger partial charge is 0.389 e. The molecule has 1 aromatic rings. The Morgan fingerprint density at radius 3 is 2.85 bits per heavy atom. The van der Waals surface area contributed by atoms with E-state index in [1.165, 1.54) is 6.20 Å². The summed E-state index contributed by atoms with van der Waals surface area (Å²) in [4.78, 5) is 32.3. The summed E-state index contributed by atoms with van der Waals surface area (Å²) < 4.78 is 1.07. The van der Waals surface area contributed by atoms with E-state index in [1.807, 2.05) is 0 Å². The number of aromatic nitrogens is 2. The number of aliphatic carboxylic acids is 1. The second-order valence-corrected chi connectivity index (χ2v) is 3.89. The molecule has 1 rings (SSSR count). The van der Waals surface area contributed by atoms with Gasteiger partial charge < -0.3 is 20.5 Å². The summed E-state index contributed by atoms with van der Waals surface area (Å²) >= 11 is 0. The molecule has 9 nitrogen and oxygen atoms in total. The van der Waals surface area contributed by atoms with Gasteiger partial charge >= 0.3 is 11.8 Å². The van der Waals surface area contributed by atoms with E-state index < -0.39 is 22.8 Å². The predicted octanol–water partition coefficient (Wildman–Crippen LogP) is 0.327. The molecule has 1 atom stereocenters. The molecule has 2 N–H and O–H groups in total. The van der Waals surface area contributed by atoms with Crippen LogP contribution in [0.1, 0.15) is 13.3 Å². The number of carboxylic acids is 1. The first-order valence-corrected chi connectivity index (χ1v) is 5.75. The number of carboxylic acid groups (broad SMARTS) is 1. The van der Waals surface area contributed by atoms with Gasteiger partial charge in [0.2, 0.25) is 5.91 Å². The van der Waals surface area contributed by atoms with Crippen LogP contribution < -0.4 is 5.32 Å². The van der Waals surface area contributed by atoms with Crippen LogP contribution in [0.4, 0.5) is 5.82 Å². The SMILES string of the molecule is C/C=C/CC(NC(=O)Cn1ccc([N+](=O)[O-])n1)C(=O)O. The van der Waals surface area contributed by atoms with Gasteiger partial charge in [0.1, 0.15) is 12.6 Å². The molecule has 0 aliphatic rings. The minimum absolute atomic E-state index is 0.164. The zero-order valence-electron chi connectivity index (χ0n) is 10.7. The number of allylic oxidation sites excluding steroid dienone is 1. The minimum atomic E-state index is -1.15. The van der Waals surface area contributed by atoms with Crippen LogP contribution >= 0.6 is 0 Å². The summed E-state index contributed by atoms with van der Waals surface area (Å²) in [7, 11) is 0. The van der Waals surface area contributed by atoms with Gasteiger partial charge in [-0.1, -0.05) is 12.2 Å². The van der Waals surface area contributed by atoms with Crippen LogP contribution in [0.15, 0.2) is 24.4 Å². The molecule has 20 heavy (non-hydrogen) atoms. The molecule has 1 unspecified atom stereocenters. The molecule has 0 aliphatic heterocycles. The third kappa shape index (κ3) is 4.52. The summed E-state index contributed by atoms with van der Waals surface area (Å²) in [6, 6.07) is 0.117. The van der Waals surface area contributed by atoms with E-state index >= 15 is 0 Å². The van der Waals surface area contributed by atoms with Crippen LogP contribution in [0.5, 0.6) is 0 Å². The molecule has 0 radical (unpaired) electrons. The molecular formula is C11H14N4O5. The summed E-state index contributed by atoms with van der Waals surface area (Å²) in [6.45, 7) is 1.46. The highest BCUT2D eigenvalue weighted by Gasteiger charge is 2.20. The van der Waals surface area contributed by atoms with Crippen LogP contribution in [0.3, 0.4) is 0 Å². The lowest BCUT2D eigenvalue weighted by atomic mass is 10.2. The van der Waals surface area contributed by atoms with E-state index in [4.69, 9.17) is 5.11 Å². The van der Waals surface area contributed by atoms with Crippen molar-refractivity contribution in [2.45, 2.75) is 25.9 Å². The van der Waals surface area contributed by atoms with Crippen molar-refractivity contribution < 1.29 is 19.6 Å². The molecule has 0 saturated heterocycles. The number of hydrogen-bond acceptors (Lipinski definition) is 5. The van der Waals surface area contributed by atoms with Crippen LogP contribution in [-0.4, -0.2) is 37.7 Å². The number of carbonyl (C=O) groups is 2. The van der Waals surface area contributed by atoms with Gasteiger partial charge in [-0.25, -0.2) is 4.79 Å². The molecule has 108 valence electrons. The van der Waals surface area contributed by atoms with Gasteiger partial charge in [-0.3, -0.25) is 4.79 Å². The van der Waals surface area contributed by atoms with E-state index in [0.717, 1.165) is 10.7 Å². The fourth-order valence-corrected chi connectivity index (χ4v) is 1.42. The Balaban J connectivity index is 2.60. The van der Waals surface area contributed by atoms with E-state index in [2.05, 4.69) is 10.4 Å². The molecule has 1 heterocycles. The van der Waals surface area contributed by atoms with Crippen LogP contribution in [-0.2, 0) is 16.1 Å². The molecule has 1 amide bonds. The summed E-state index contributed by atoms with van der Waals surface area (Å²) in [6.07, 6.45) is 4.74. The highest BCUT2D eigenvalue weighted by molar-refractivity contribution is 5.83. The summed E-state index contributed by atoms with van der Waals surface area (Å²) in [5.74, 6) is -2.11. The highest BCUT2D eigenvalue weighted by Crippen LogP contribution is 2.05. The number of amides is 1. The highest BCUT2D eigenvalue weighted by atomic mass is 16.6. The third-order valence-electron chi connectivity index (χ3n) is 2.36. The maximum Gasteiger partial charge on any atom is 0.389 e. The number of nitro groups is 1. The molecule has 9 heteroatoms. The number of carbonyl (C=O) groups excluding carboxylic acids is 1. The Labute approximate surface area is 114 Å². The first-order chi connectivity index (χ1) is 9.43. The second kappa shape index (κ2) is 7.02. The standard InChI is InChI=1S/C11H14N4O5/c1-2-3-4-8(11(17)18)12-10(16)7-14-6-5-9(13-14)15(19)20/h2-3,5-6,8H,4,7H2,1H3,(H,12,16)(H,17,18)/b3-2+. The Morgan fingerprint density at radius 1 is 1.65 bits per heavy atom. The maximum atomic E-state index is 11.6. The Bertz CT molecular complexity index is 537. The van der Waals surface area contributed by atoms with Crippen molar-refractivity contribution in [3.05, 3.63) is 34.5 Å². The number of nitrogens with zero attached hydrogens (tertiary/aromatic N) is 3. The monoisotopic (exact) mass is 282 g/mol. The molecule has 0 fully saturated rings. The van der Waals surface area contributed by atoms with Crippen molar-refractivity contribution >= 4 is 17.7 Å². The molecule has 0 spiro atoms. The lowest BCUT2D eigenvalue weighted by Gasteiger charge is -2.11. The van der Waals surface area contributed by atoms with Gasteiger partial charge in [-0.15, -0.1) is 0 Å². The van der Waals surface area contributed by atoms with Crippen molar-refractivity contribution in [2.75, 3.05) is 0 Å². The van der Waals surface area contributed by atoms with Crippen molar-refractivity contribution in [1.29, 1.82) is 0 Å². The van der Waals surface area contributed by atoms with Crippen LogP contribution in [0, 0.1) is 10.1 Å². The van der Waals surface area contributed by atoms with E-state index in [0.29, 0.717) is 0 Å². The van der Waals surface area contributed by atoms with Gasteiger partial charge in [-0.2, -0.15) is 4.68 Å². The molecule has 0 aliphatic carbocycles. The van der Waals surface area contributed by atoms with Crippen molar-refractivity contribution in [3.63, 3.8) is 0 Å². The van der Waals surface area contributed by atoms with E-state index in [9.17, 15) is 19.7 Å². The number of hydrogen-bond donors (Lipinski definition) is 2. The topological polar surface area (TPSA) is 127 Å². The van der Waals surface area contributed by atoms with Crippen molar-refractivity contribution in [2.24, 2.45) is 0 Å². The van der Waals surface area contributed by atoms with Gasteiger partial charge in [-0.05, 0) is 18.3 Å². The lowest BCUT2D eigenvalue weighted by molar-refractivity contribution is -0.389. The maximum absolute atomic E-state index is 11.6. The quantitative estimate of drug-likeness (QED) is 0.421. The zero-order chi connectivity index (χ0) is 15.1. The normalized spacial score (nSPS) is 12.2. The van der Waals surface area contributed by atoms with Crippen molar-refractivity contribution in [1.82, 2.24) is 15.1 Å². The molecule has 1 aromatic heterocycles. The predicted molar refractivity (Wildman–Crippen MR) is 67.9 cm³/mol. The summed E-state index contributed by atoms with van der Waals surface area (Å²) in [5.41, 5.74) is 0. The molecular weight excluding hydrogens is 268 g/mol. The lowest BCUT2D eigenvalue weighted by Crippen LogP contribution is -2.42. The van der Waals surface area contributed by atoms with Crippen LogP contribution in [0.25, 0.3) is 0 Å². The Hall–Kier alpha value is -2.71. The second-order valence-electron chi connectivity index (χ2n) is 3.89. The zero-order valence-corrected chi connectivity index (χ0v) is 10.7. The fourth-order valence-electron chi connectivity index (χ4n) is 1.42. The first-order valence-electron chi connectivity index (χ1n) is 5.75. The average molecular weight is 282 g/mol. The van der Waals surface area contributed by atoms with E-state index in [1.54, 1.807) is 19.1 Å². The van der Waals surface area contributed by atoms with E-state index in [-0.39, 0.29) is 18.8 Å². The molecule has 0 aromatic carbocycles. The summed E-state index contributed by atoms with van der Waals surface area (Å²) in [5, 5.41) is 25.2. The van der Waals surface area contributed by atoms with Crippen LogP contribution in [0.2, 0.25) is 0 Å². The third-order valence-corrected chi connectivity index (χ3v) is 2.36. The number of rotatable bonds is 7. The van der Waals surface area contributed by atoms with Crippen molar-refractivity contribution in [3.8, 4) is 0 Å². The van der Waals surface area contributed by atoms with Gasteiger partial charge in [0.25, 0.3) is 0 Å². The van der Waals surface area contributed by atoms with Gasteiger partial charge in [0.15, 0.2) is 0 Å². The molecule has 0 saturated carbocycles.